The molecule has 128 valence electrons. The molecule has 0 unspecified atom stereocenters. The van der Waals surface area contributed by atoms with Crippen LogP contribution in [0.15, 0.2) is 53.4 Å². The zero-order chi connectivity index (χ0) is 17.7. The normalized spacial score (nSPS) is 11.1. The van der Waals surface area contributed by atoms with Gasteiger partial charge in [0.25, 0.3) is 10.0 Å². The van der Waals surface area contributed by atoms with E-state index in [-0.39, 0.29) is 4.90 Å². The lowest BCUT2D eigenvalue weighted by atomic mass is 10.1. The van der Waals surface area contributed by atoms with Crippen molar-refractivity contribution in [1.82, 2.24) is 0 Å². The molecule has 0 amide bonds. The molecule has 0 fully saturated rings. The standard InChI is InChI=1S/C17H18FNO4S/c1-3-13-6-4-5-7-16(13)19(12-17(20)23-2)24(21,22)15-10-8-14(18)9-11-15/h4-11H,3,12H2,1-2H3. The number of para-hydroxylation sites is 1. The summed E-state index contributed by atoms with van der Waals surface area (Å²) >= 11 is 0. The number of aryl methyl sites for hydroxylation is 1. The Balaban J connectivity index is 2.57. The third kappa shape index (κ3) is 3.73. The molecule has 2 rings (SSSR count). The monoisotopic (exact) mass is 351 g/mol. The van der Waals surface area contributed by atoms with E-state index in [4.69, 9.17) is 0 Å². The summed E-state index contributed by atoms with van der Waals surface area (Å²) in [5.74, 6) is -1.23. The largest absolute Gasteiger partial charge is 0.468 e. The number of carbonyl (C=O) groups excluding carboxylic acids is 1. The van der Waals surface area contributed by atoms with E-state index in [9.17, 15) is 17.6 Å². The Labute approximate surface area is 140 Å². The molecule has 0 spiro atoms. The molecule has 0 aliphatic heterocycles. The summed E-state index contributed by atoms with van der Waals surface area (Å²) in [6, 6.07) is 11.4. The SMILES string of the molecule is CCc1ccccc1N(CC(=O)OC)S(=O)(=O)c1ccc(F)cc1. The highest BCUT2D eigenvalue weighted by Crippen LogP contribution is 2.27. The Bertz CT molecular complexity index is 819. The first-order chi connectivity index (χ1) is 11.4. The number of halogens is 1. The Kier molecular flexibility index (Phi) is 5.56. The van der Waals surface area contributed by atoms with E-state index in [1.54, 1.807) is 24.3 Å². The number of rotatable bonds is 6. The smallest absolute Gasteiger partial charge is 0.326 e. The summed E-state index contributed by atoms with van der Waals surface area (Å²) in [6.45, 7) is 1.42. The molecule has 0 bridgehead atoms. The summed E-state index contributed by atoms with van der Waals surface area (Å²) in [5.41, 5.74) is 1.17. The van der Waals surface area contributed by atoms with Gasteiger partial charge in [-0.05, 0) is 42.3 Å². The summed E-state index contributed by atoms with van der Waals surface area (Å²) in [4.78, 5) is 11.6. The minimum absolute atomic E-state index is 0.0984. The van der Waals surface area contributed by atoms with Crippen molar-refractivity contribution in [2.24, 2.45) is 0 Å². The fraction of sp³-hybridized carbons (Fsp3) is 0.235. The molecule has 24 heavy (non-hydrogen) atoms. The van der Waals surface area contributed by atoms with Gasteiger partial charge < -0.3 is 4.74 Å². The molecular weight excluding hydrogens is 333 g/mol. The topological polar surface area (TPSA) is 63.7 Å². The predicted octanol–water partition coefficient (Wildman–Crippen LogP) is 2.76. The maximum Gasteiger partial charge on any atom is 0.326 e. The second kappa shape index (κ2) is 7.44. The van der Waals surface area contributed by atoms with Crippen molar-refractivity contribution in [1.29, 1.82) is 0 Å². The van der Waals surface area contributed by atoms with Crippen LogP contribution < -0.4 is 4.31 Å². The van der Waals surface area contributed by atoms with E-state index in [1.807, 2.05) is 6.92 Å². The van der Waals surface area contributed by atoms with E-state index in [0.29, 0.717) is 12.1 Å². The quantitative estimate of drug-likeness (QED) is 0.751. The van der Waals surface area contributed by atoms with Crippen LogP contribution in [0.2, 0.25) is 0 Å². The summed E-state index contributed by atoms with van der Waals surface area (Å²) < 4.78 is 44.6. The number of nitrogens with zero attached hydrogens (tertiary/aromatic N) is 1. The number of esters is 1. The maximum atomic E-state index is 13.1. The van der Waals surface area contributed by atoms with Gasteiger partial charge in [-0.1, -0.05) is 25.1 Å². The number of ether oxygens (including phenoxy) is 1. The minimum Gasteiger partial charge on any atom is -0.468 e. The zero-order valence-electron chi connectivity index (χ0n) is 13.4. The van der Waals surface area contributed by atoms with Crippen molar-refractivity contribution in [2.45, 2.75) is 18.2 Å². The second-order valence-electron chi connectivity index (χ2n) is 5.02. The fourth-order valence-electron chi connectivity index (χ4n) is 2.27. The average Bonchev–Trinajstić information content (AvgIpc) is 2.59. The molecule has 0 atom stereocenters. The third-order valence-corrected chi connectivity index (χ3v) is 5.32. The van der Waals surface area contributed by atoms with E-state index in [1.165, 1.54) is 19.2 Å². The van der Waals surface area contributed by atoms with E-state index in [0.717, 1.165) is 22.0 Å². The molecule has 0 aromatic heterocycles. The zero-order valence-corrected chi connectivity index (χ0v) is 14.2. The van der Waals surface area contributed by atoms with Crippen LogP contribution in [-0.4, -0.2) is 28.0 Å². The average molecular weight is 351 g/mol. The lowest BCUT2D eigenvalue weighted by Crippen LogP contribution is -2.37. The van der Waals surface area contributed by atoms with Gasteiger partial charge in [-0.3, -0.25) is 9.10 Å². The predicted molar refractivity (Wildman–Crippen MR) is 88.8 cm³/mol. The third-order valence-electron chi connectivity index (χ3n) is 3.54. The highest BCUT2D eigenvalue weighted by Gasteiger charge is 2.28. The van der Waals surface area contributed by atoms with Gasteiger partial charge in [0.1, 0.15) is 12.4 Å². The van der Waals surface area contributed by atoms with Crippen LogP contribution in [0.4, 0.5) is 10.1 Å². The van der Waals surface area contributed by atoms with Crippen molar-refractivity contribution >= 4 is 21.7 Å². The first kappa shape index (κ1) is 17.9. The highest BCUT2D eigenvalue weighted by molar-refractivity contribution is 7.92. The summed E-state index contributed by atoms with van der Waals surface area (Å²) in [6.07, 6.45) is 0.590. The molecule has 0 radical (unpaired) electrons. The number of hydrogen-bond acceptors (Lipinski definition) is 4. The summed E-state index contributed by atoms with van der Waals surface area (Å²) in [5, 5.41) is 0. The minimum atomic E-state index is -4.04. The lowest BCUT2D eigenvalue weighted by molar-refractivity contribution is -0.138. The Morgan fingerprint density at radius 1 is 1.12 bits per heavy atom. The van der Waals surface area contributed by atoms with Crippen LogP contribution in [0.3, 0.4) is 0 Å². The van der Waals surface area contributed by atoms with Gasteiger partial charge in [0.05, 0.1) is 17.7 Å². The molecule has 2 aromatic rings. The van der Waals surface area contributed by atoms with Crippen LogP contribution in [0.1, 0.15) is 12.5 Å². The molecule has 2 aromatic carbocycles. The lowest BCUT2D eigenvalue weighted by Gasteiger charge is -2.25. The van der Waals surface area contributed by atoms with Gasteiger partial charge in [-0.2, -0.15) is 0 Å². The molecule has 7 heteroatoms. The van der Waals surface area contributed by atoms with E-state index in [2.05, 4.69) is 4.74 Å². The summed E-state index contributed by atoms with van der Waals surface area (Å²) in [7, 11) is -2.85. The number of benzene rings is 2. The molecule has 0 N–H and O–H groups in total. The van der Waals surface area contributed by atoms with Crippen molar-refractivity contribution in [3.63, 3.8) is 0 Å². The molecule has 0 heterocycles. The van der Waals surface area contributed by atoms with Gasteiger partial charge >= 0.3 is 5.97 Å². The van der Waals surface area contributed by atoms with E-state index < -0.39 is 28.4 Å². The van der Waals surface area contributed by atoms with Crippen molar-refractivity contribution in [3.05, 3.63) is 59.9 Å². The Morgan fingerprint density at radius 2 is 1.75 bits per heavy atom. The molecule has 0 saturated carbocycles. The molecular formula is C17H18FNO4S. The second-order valence-corrected chi connectivity index (χ2v) is 6.89. The number of carbonyl (C=O) groups is 1. The van der Waals surface area contributed by atoms with Crippen molar-refractivity contribution in [3.8, 4) is 0 Å². The van der Waals surface area contributed by atoms with Crippen molar-refractivity contribution < 1.29 is 22.3 Å². The number of hydrogen-bond donors (Lipinski definition) is 0. The van der Waals surface area contributed by atoms with Crippen molar-refractivity contribution in [2.75, 3.05) is 18.0 Å². The first-order valence-corrected chi connectivity index (χ1v) is 8.77. The Morgan fingerprint density at radius 3 is 2.33 bits per heavy atom. The van der Waals surface area contributed by atoms with Crippen LogP contribution >= 0.6 is 0 Å². The molecule has 0 aliphatic rings. The van der Waals surface area contributed by atoms with Crippen LogP contribution in [0.5, 0.6) is 0 Å². The number of sulfonamides is 1. The first-order valence-electron chi connectivity index (χ1n) is 7.33. The van der Waals surface area contributed by atoms with Gasteiger partial charge in [-0.25, -0.2) is 12.8 Å². The Hall–Kier alpha value is -2.41. The van der Waals surface area contributed by atoms with E-state index >= 15 is 0 Å². The van der Waals surface area contributed by atoms with Gasteiger partial charge in [0.15, 0.2) is 0 Å². The van der Waals surface area contributed by atoms with Crippen LogP contribution in [0.25, 0.3) is 0 Å². The van der Waals surface area contributed by atoms with Gasteiger partial charge in [0, 0.05) is 0 Å². The fourth-order valence-corrected chi connectivity index (χ4v) is 3.72. The molecule has 0 saturated heterocycles. The van der Waals surface area contributed by atoms with Gasteiger partial charge in [0.2, 0.25) is 0 Å². The number of anilines is 1. The molecule has 5 nitrogen and oxygen atoms in total. The maximum absolute atomic E-state index is 13.1. The van der Waals surface area contributed by atoms with Crippen LogP contribution in [-0.2, 0) is 26.0 Å². The van der Waals surface area contributed by atoms with Crippen LogP contribution in [0, 0.1) is 5.82 Å². The van der Waals surface area contributed by atoms with Gasteiger partial charge in [-0.15, -0.1) is 0 Å². The highest BCUT2D eigenvalue weighted by atomic mass is 32.2. The number of methoxy groups -OCH3 is 1. The molecule has 0 aliphatic carbocycles.